The number of fused-ring (bicyclic) bond motifs is 2. The summed E-state index contributed by atoms with van der Waals surface area (Å²) in [5, 5.41) is 0.486. The molecule has 15 heavy (non-hydrogen) atoms. The number of hydrogen-bond acceptors (Lipinski definition) is 2. The zero-order chi connectivity index (χ0) is 10.4. The molecule has 0 bridgehead atoms. The van der Waals surface area contributed by atoms with E-state index in [4.69, 9.17) is 11.6 Å². The predicted octanol–water partition coefficient (Wildman–Crippen LogP) is 3.12. The van der Waals surface area contributed by atoms with E-state index in [2.05, 4.69) is 9.89 Å². The highest BCUT2D eigenvalue weighted by Gasteiger charge is 2.25. The van der Waals surface area contributed by atoms with Crippen molar-refractivity contribution in [3.63, 3.8) is 0 Å². The molecule has 2 aliphatic heterocycles. The molecule has 78 valence electrons. The van der Waals surface area contributed by atoms with E-state index in [9.17, 15) is 4.39 Å². The lowest BCUT2D eigenvalue weighted by Crippen LogP contribution is -2.27. The van der Waals surface area contributed by atoms with Crippen molar-refractivity contribution < 1.29 is 4.39 Å². The quantitative estimate of drug-likeness (QED) is 0.661. The van der Waals surface area contributed by atoms with Crippen molar-refractivity contribution in [3.05, 3.63) is 28.5 Å². The number of benzene rings is 1. The Kier molecular flexibility index (Phi) is 1.96. The molecule has 1 fully saturated rings. The van der Waals surface area contributed by atoms with Crippen molar-refractivity contribution in [1.29, 1.82) is 0 Å². The molecule has 0 unspecified atom stereocenters. The zero-order valence-electron chi connectivity index (χ0n) is 8.13. The molecule has 0 N–H and O–H groups in total. The standard InChI is InChI=1S/C11H10ClFN2/c12-9-4-7(13)5-10-8(9)6-15-3-1-2-11(15)14-10/h4-5H,1-3,6H2. The van der Waals surface area contributed by atoms with Crippen molar-refractivity contribution in [3.8, 4) is 0 Å². The number of hydrogen-bond donors (Lipinski definition) is 0. The fraction of sp³-hybridized carbons (Fsp3) is 0.364. The third kappa shape index (κ3) is 1.42. The van der Waals surface area contributed by atoms with E-state index < -0.39 is 0 Å². The van der Waals surface area contributed by atoms with Gasteiger partial charge in [-0.1, -0.05) is 11.6 Å². The second kappa shape index (κ2) is 3.20. The van der Waals surface area contributed by atoms with Crippen LogP contribution in [-0.4, -0.2) is 17.3 Å². The van der Waals surface area contributed by atoms with Gasteiger partial charge in [0.1, 0.15) is 11.7 Å². The highest BCUT2D eigenvalue weighted by molar-refractivity contribution is 6.31. The Hall–Kier alpha value is -1.09. The number of rotatable bonds is 0. The molecule has 0 aromatic heterocycles. The molecule has 1 saturated heterocycles. The fourth-order valence-corrected chi connectivity index (χ4v) is 2.45. The maximum Gasteiger partial charge on any atom is 0.126 e. The van der Waals surface area contributed by atoms with E-state index in [0.717, 1.165) is 37.3 Å². The van der Waals surface area contributed by atoms with E-state index in [-0.39, 0.29) is 5.82 Å². The van der Waals surface area contributed by atoms with Crippen LogP contribution < -0.4 is 0 Å². The van der Waals surface area contributed by atoms with E-state index in [1.165, 1.54) is 12.1 Å². The lowest BCUT2D eigenvalue weighted by Gasteiger charge is -2.25. The molecule has 0 spiro atoms. The van der Waals surface area contributed by atoms with Crippen molar-refractivity contribution in [2.45, 2.75) is 19.4 Å². The van der Waals surface area contributed by atoms with Crippen LogP contribution >= 0.6 is 11.6 Å². The first-order chi connectivity index (χ1) is 7.24. The number of aliphatic imine (C=N–C) groups is 1. The largest absolute Gasteiger partial charge is 0.356 e. The van der Waals surface area contributed by atoms with Gasteiger partial charge in [-0.15, -0.1) is 0 Å². The Labute approximate surface area is 92.4 Å². The fourth-order valence-electron chi connectivity index (χ4n) is 2.19. The third-order valence-corrected chi connectivity index (χ3v) is 3.27. The van der Waals surface area contributed by atoms with Gasteiger partial charge in [0, 0.05) is 31.1 Å². The highest BCUT2D eigenvalue weighted by atomic mass is 35.5. The van der Waals surface area contributed by atoms with Gasteiger partial charge in [-0.3, -0.25) is 0 Å². The van der Waals surface area contributed by atoms with Crippen molar-refractivity contribution in [2.75, 3.05) is 6.54 Å². The molecule has 0 aliphatic carbocycles. The Bertz CT molecular complexity index is 456. The first-order valence-electron chi connectivity index (χ1n) is 5.04. The summed E-state index contributed by atoms with van der Waals surface area (Å²) < 4.78 is 13.1. The summed E-state index contributed by atoms with van der Waals surface area (Å²) in [6, 6.07) is 2.82. The summed E-state index contributed by atoms with van der Waals surface area (Å²) >= 11 is 6.00. The highest BCUT2D eigenvalue weighted by Crippen LogP contribution is 2.35. The minimum Gasteiger partial charge on any atom is -0.356 e. The Morgan fingerprint density at radius 1 is 1.40 bits per heavy atom. The third-order valence-electron chi connectivity index (χ3n) is 2.93. The maximum atomic E-state index is 13.1. The average Bonchev–Trinajstić information content (AvgIpc) is 2.61. The van der Waals surface area contributed by atoms with Crippen LogP contribution in [0.4, 0.5) is 10.1 Å². The lowest BCUT2D eigenvalue weighted by molar-refractivity contribution is 0.442. The minimum absolute atomic E-state index is 0.311. The number of amidine groups is 1. The summed E-state index contributed by atoms with van der Waals surface area (Å²) in [4.78, 5) is 6.66. The molecule has 1 aromatic rings. The summed E-state index contributed by atoms with van der Waals surface area (Å²) in [7, 11) is 0. The molecule has 4 heteroatoms. The molecule has 2 nitrogen and oxygen atoms in total. The Balaban J connectivity index is 2.15. The first-order valence-corrected chi connectivity index (χ1v) is 5.42. The molecule has 2 aliphatic rings. The summed E-state index contributed by atoms with van der Waals surface area (Å²) in [6.07, 6.45) is 2.13. The molecule has 0 saturated carbocycles. The lowest BCUT2D eigenvalue weighted by atomic mass is 10.1. The van der Waals surface area contributed by atoms with E-state index in [1.54, 1.807) is 0 Å². The normalized spacial score (nSPS) is 18.5. The van der Waals surface area contributed by atoms with Gasteiger partial charge < -0.3 is 4.90 Å². The van der Waals surface area contributed by atoms with Gasteiger partial charge in [-0.2, -0.15) is 0 Å². The zero-order valence-corrected chi connectivity index (χ0v) is 8.89. The van der Waals surface area contributed by atoms with Gasteiger partial charge in [0.25, 0.3) is 0 Å². The number of halogens is 2. The van der Waals surface area contributed by atoms with Crippen LogP contribution in [0.1, 0.15) is 18.4 Å². The Morgan fingerprint density at radius 2 is 2.27 bits per heavy atom. The molecular weight excluding hydrogens is 215 g/mol. The first kappa shape index (κ1) is 9.16. The molecule has 0 radical (unpaired) electrons. The van der Waals surface area contributed by atoms with Crippen LogP contribution in [-0.2, 0) is 6.54 Å². The second-order valence-corrected chi connectivity index (χ2v) is 4.35. The van der Waals surface area contributed by atoms with E-state index in [0.29, 0.717) is 10.7 Å². The van der Waals surface area contributed by atoms with Gasteiger partial charge in [-0.05, 0) is 12.5 Å². The van der Waals surface area contributed by atoms with Crippen LogP contribution in [0.5, 0.6) is 0 Å². The van der Waals surface area contributed by atoms with Gasteiger partial charge in [-0.25, -0.2) is 9.38 Å². The van der Waals surface area contributed by atoms with Crippen molar-refractivity contribution in [2.24, 2.45) is 4.99 Å². The van der Waals surface area contributed by atoms with Gasteiger partial charge in [0.05, 0.1) is 10.7 Å². The average molecular weight is 225 g/mol. The molecule has 1 aromatic carbocycles. The summed E-state index contributed by atoms with van der Waals surface area (Å²) in [5.41, 5.74) is 1.65. The molecule has 3 rings (SSSR count). The van der Waals surface area contributed by atoms with Crippen molar-refractivity contribution >= 4 is 23.1 Å². The SMILES string of the molecule is Fc1cc(Cl)c2c(c1)N=C1CCCN1C2. The monoisotopic (exact) mass is 224 g/mol. The maximum absolute atomic E-state index is 13.1. The second-order valence-electron chi connectivity index (χ2n) is 3.94. The van der Waals surface area contributed by atoms with Crippen LogP contribution in [0, 0.1) is 5.82 Å². The van der Waals surface area contributed by atoms with Crippen LogP contribution in [0.3, 0.4) is 0 Å². The van der Waals surface area contributed by atoms with Crippen LogP contribution in [0.15, 0.2) is 17.1 Å². The van der Waals surface area contributed by atoms with Crippen LogP contribution in [0.25, 0.3) is 0 Å². The number of nitrogens with zero attached hydrogens (tertiary/aromatic N) is 2. The van der Waals surface area contributed by atoms with Gasteiger partial charge in [0.2, 0.25) is 0 Å². The molecule has 0 atom stereocenters. The Morgan fingerprint density at radius 3 is 3.13 bits per heavy atom. The van der Waals surface area contributed by atoms with Gasteiger partial charge in [0.15, 0.2) is 0 Å². The molecule has 2 heterocycles. The summed E-state index contributed by atoms with van der Waals surface area (Å²) in [6.45, 7) is 1.80. The predicted molar refractivity (Wildman–Crippen MR) is 58.1 cm³/mol. The van der Waals surface area contributed by atoms with Gasteiger partial charge >= 0.3 is 0 Å². The van der Waals surface area contributed by atoms with E-state index >= 15 is 0 Å². The van der Waals surface area contributed by atoms with Crippen molar-refractivity contribution in [1.82, 2.24) is 4.90 Å². The topological polar surface area (TPSA) is 15.6 Å². The summed E-state index contributed by atoms with van der Waals surface area (Å²) in [5.74, 6) is 0.763. The molecule has 0 amide bonds. The van der Waals surface area contributed by atoms with E-state index in [1.807, 2.05) is 0 Å². The smallest absolute Gasteiger partial charge is 0.126 e. The molecular formula is C11H10ClFN2. The van der Waals surface area contributed by atoms with Crippen LogP contribution in [0.2, 0.25) is 5.02 Å². The minimum atomic E-state index is -0.311.